The van der Waals surface area contributed by atoms with Crippen LogP contribution in [0.2, 0.25) is 0 Å². The number of amides is 1. The topological polar surface area (TPSA) is 99.2 Å². The number of carbonyl (C=O) groups excluding carboxylic acids is 1. The Morgan fingerprint density at radius 3 is 2.80 bits per heavy atom. The highest BCUT2D eigenvalue weighted by molar-refractivity contribution is 7.99. The van der Waals surface area contributed by atoms with E-state index in [0.717, 1.165) is 11.8 Å². The smallest absolute Gasteiger partial charge is 0.266 e. The van der Waals surface area contributed by atoms with Crippen LogP contribution in [0.4, 0.5) is 5.82 Å². The van der Waals surface area contributed by atoms with Crippen molar-refractivity contribution < 1.29 is 14.1 Å². The normalized spacial score (nSPS) is 10.9. The predicted octanol–water partition coefficient (Wildman–Crippen LogP) is 3.42. The molecule has 0 bridgehead atoms. The molecule has 0 aliphatic rings. The van der Waals surface area contributed by atoms with Crippen LogP contribution in [-0.4, -0.2) is 33.5 Å². The molecule has 1 N–H and O–H groups in total. The Kier molecular flexibility index (Phi) is 5.53. The molecular formula is C21H18N4O4S. The second-order valence-electron chi connectivity index (χ2n) is 6.41. The Hall–Kier alpha value is -3.59. The fourth-order valence-electron chi connectivity index (χ4n) is 2.92. The van der Waals surface area contributed by atoms with Gasteiger partial charge in [0, 0.05) is 12.1 Å². The van der Waals surface area contributed by atoms with E-state index in [0.29, 0.717) is 39.1 Å². The van der Waals surface area contributed by atoms with Gasteiger partial charge in [-0.05, 0) is 31.2 Å². The lowest BCUT2D eigenvalue weighted by molar-refractivity contribution is -0.113. The average Bonchev–Trinajstić information content (AvgIpc) is 3.16. The largest absolute Gasteiger partial charge is 0.497 e. The zero-order valence-electron chi connectivity index (χ0n) is 16.3. The van der Waals surface area contributed by atoms with Gasteiger partial charge in [0.15, 0.2) is 11.0 Å². The van der Waals surface area contributed by atoms with Crippen molar-refractivity contribution in [2.75, 3.05) is 18.2 Å². The number of carbonyl (C=O) groups is 1. The fraction of sp³-hybridized carbons (Fsp3) is 0.143. The molecule has 2 aromatic carbocycles. The molecule has 4 aromatic rings. The molecule has 0 radical (unpaired) electrons. The minimum atomic E-state index is -0.284. The number of rotatable bonds is 6. The lowest BCUT2D eigenvalue weighted by atomic mass is 10.2. The maximum atomic E-state index is 13.2. The summed E-state index contributed by atoms with van der Waals surface area (Å²) in [5.41, 5.74) is 0.952. The van der Waals surface area contributed by atoms with E-state index in [1.807, 2.05) is 6.07 Å². The van der Waals surface area contributed by atoms with Crippen LogP contribution in [0.1, 0.15) is 5.76 Å². The van der Waals surface area contributed by atoms with Gasteiger partial charge in [0.1, 0.15) is 11.5 Å². The van der Waals surface area contributed by atoms with Gasteiger partial charge in [-0.25, -0.2) is 4.98 Å². The first-order chi connectivity index (χ1) is 14.5. The van der Waals surface area contributed by atoms with E-state index in [-0.39, 0.29) is 17.2 Å². The average molecular weight is 422 g/mol. The van der Waals surface area contributed by atoms with Crippen molar-refractivity contribution in [2.24, 2.45) is 0 Å². The number of nitrogens with one attached hydrogen (secondary N) is 1. The number of benzene rings is 2. The maximum absolute atomic E-state index is 13.2. The van der Waals surface area contributed by atoms with Gasteiger partial charge >= 0.3 is 0 Å². The fourth-order valence-corrected chi connectivity index (χ4v) is 3.73. The molecule has 8 nitrogen and oxygen atoms in total. The Labute approximate surface area is 175 Å². The Bertz CT molecular complexity index is 1280. The number of ether oxygens (including phenoxy) is 1. The zero-order chi connectivity index (χ0) is 21.1. The third kappa shape index (κ3) is 4.06. The van der Waals surface area contributed by atoms with Crippen LogP contribution in [0.25, 0.3) is 16.6 Å². The number of anilines is 1. The van der Waals surface area contributed by atoms with Crippen LogP contribution in [-0.2, 0) is 4.79 Å². The van der Waals surface area contributed by atoms with E-state index in [1.165, 1.54) is 4.57 Å². The first-order valence-electron chi connectivity index (χ1n) is 9.07. The van der Waals surface area contributed by atoms with Gasteiger partial charge in [0.05, 0.1) is 29.5 Å². The molecule has 0 atom stereocenters. The number of methoxy groups -OCH3 is 1. The molecule has 2 heterocycles. The summed E-state index contributed by atoms with van der Waals surface area (Å²) in [6.45, 7) is 1.74. The van der Waals surface area contributed by atoms with E-state index in [2.05, 4.69) is 15.5 Å². The second-order valence-corrected chi connectivity index (χ2v) is 7.36. The Morgan fingerprint density at radius 2 is 2.03 bits per heavy atom. The van der Waals surface area contributed by atoms with Crippen LogP contribution in [0.3, 0.4) is 0 Å². The summed E-state index contributed by atoms with van der Waals surface area (Å²) in [5.74, 6) is 1.31. The molecule has 0 saturated heterocycles. The summed E-state index contributed by atoms with van der Waals surface area (Å²) < 4.78 is 11.7. The number of aromatic nitrogens is 3. The first-order valence-corrected chi connectivity index (χ1v) is 10.1. The van der Waals surface area contributed by atoms with Gasteiger partial charge in [0.2, 0.25) is 5.91 Å². The number of para-hydroxylation sites is 1. The van der Waals surface area contributed by atoms with Crippen LogP contribution in [0.5, 0.6) is 5.75 Å². The number of thioether (sulfide) groups is 1. The Balaban J connectivity index is 1.70. The lowest BCUT2D eigenvalue weighted by Gasteiger charge is -2.13. The van der Waals surface area contributed by atoms with Gasteiger partial charge in [-0.3, -0.25) is 14.2 Å². The maximum Gasteiger partial charge on any atom is 0.266 e. The van der Waals surface area contributed by atoms with E-state index < -0.39 is 0 Å². The van der Waals surface area contributed by atoms with Gasteiger partial charge in [-0.1, -0.05) is 35.1 Å². The first kappa shape index (κ1) is 19.7. The lowest BCUT2D eigenvalue weighted by Crippen LogP contribution is -2.23. The molecule has 0 spiro atoms. The van der Waals surface area contributed by atoms with Crippen molar-refractivity contribution in [2.45, 2.75) is 12.1 Å². The van der Waals surface area contributed by atoms with Crippen LogP contribution < -0.4 is 15.6 Å². The molecule has 0 aliphatic carbocycles. The summed E-state index contributed by atoms with van der Waals surface area (Å²) in [4.78, 5) is 30.2. The molecule has 4 rings (SSSR count). The van der Waals surface area contributed by atoms with Gasteiger partial charge in [-0.2, -0.15) is 0 Å². The third-order valence-corrected chi connectivity index (χ3v) is 5.22. The minimum Gasteiger partial charge on any atom is -0.497 e. The summed E-state index contributed by atoms with van der Waals surface area (Å²) in [6.07, 6.45) is 0. The Morgan fingerprint density at radius 1 is 1.20 bits per heavy atom. The highest BCUT2D eigenvalue weighted by Crippen LogP contribution is 2.23. The van der Waals surface area contributed by atoms with Crippen molar-refractivity contribution in [1.82, 2.24) is 14.7 Å². The number of fused-ring (bicyclic) bond motifs is 1. The summed E-state index contributed by atoms with van der Waals surface area (Å²) >= 11 is 1.16. The van der Waals surface area contributed by atoms with Crippen LogP contribution in [0, 0.1) is 6.92 Å². The van der Waals surface area contributed by atoms with Gasteiger partial charge in [-0.15, -0.1) is 0 Å². The van der Waals surface area contributed by atoms with Crippen molar-refractivity contribution >= 4 is 34.4 Å². The number of nitrogens with zero attached hydrogens (tertiary/aromatic N) is 3. The highest BCUT2D eigenvalue weighted by atomic mass is 32.2. The van der Waals surface area contributed by atoms with Crippen molar-refractivity contribution in [1.29, 1.82) is 0 Å². The van der Waals surface area contributed by atoms with E-state index in [1.54, 1.807) is 62.6 Å². The zero-order valence-corrected chi connectivity index (χ0v) is 17.1. The molecule has 152 valence electrons. The van der Waals surface area contributed by atoms with E-state index in [4.69, 9.17) is 9.26 Å². The van der Waals surface area contributed by atoms with Gasteiger partial charge < -0.3 is 14.6 Å². The molecular weight excluding hydrogens is 404 g/mol. The third-order valence-electron chi connectivity index (χ3n) is 4.28. The number of hydrogen-bond donors (Lipinski definition) is 1. The SMILES string of the molecule is COc1cccc(-n2c(SCC(=O)Nc3cc(C)on3)nc3ccccc3c2=O)c1. The van der Waals surface area contributed by atoms with E-state index >= 15 is 0 Å². The summed E-state index contributed by atoms with van der Waals surface area (Å²) in [5, 5.41) is 7.31. The van der Waals surface area contributed by atoms with E-state index in [9.17, 15) is 9.59 Å². The standard InChI is InChI=1S/C21H18N4O4S/c1-13-10-18(24-29-13)23-19(26)12-30-21-22-17-9-4-3-8-16(17)20(27)25(21)14-6-5-7-15(11-14)28-2/h3-11H,12H2,1-2H3,(H,23,24,26). The monoisotopic (exact) mass is 422 g/mol. The molecule has 9 heteroatoms. The van der Waals surface area contributed by atoms with Crippen molar-refractivity contribution in [3.05, 3.63) is 70.7 Å². The molecule has 0 saturated carbocycles. The highest BCUT2D eigenvalue weighted by Gasteiger charge is 2.16. The molecule has 0 unspecified atom stereocenters. The minimum absolute atomic E-state index is 0.0423. The van der Waals surface area contributed by atoms with Crippen molar-refractivity contribution in [3.8, 4) is 11.4 Å². The quantitative estimate of drug-likeness (QED) is 0.375. The van der Waals surface area contributed by atoms with Gasteiger partial charge in [0.25, 0.3) is 5.56 Å². The molecule has 0 fully saturated rings. The summed E-state index contributed by atoms with van der Waals surface area (Å²) in [7, 11) is 1.56. The molecule has 30 heavy (non-hydrogen) atoms. The molecule has 0 aliphatic heterocycles. The van der Waals surface area contributed by atoms with Crippen LogP contribution >= 0.6 is 11.8 Å². The number of hydrogen-bond acceptors (Lipinski definition) is 7. The second kappa shape index (κ2) is 8.42. The van der Waals surface area contributed by atoms with Crippen molar-refractivity contribution in [3.63, 3.8) is 0 Å². The number of aryl methyl sites for hydroxylation is 1. The van der Waals surface area contributed by atoms with Crippen LogP contribution in [0.15, 0.2) is 69.1 Å². The summed E-state index contributed by atoms with van der Waals surface area (Å²) in [6, 6.07) is 15.9. The molecule has 1 amide bonds. The molecule has 2 aromatic heterocycles. The predicted molar refractivity (Wildman–Crippen MR) is 114 cm³/mol.